The van der Waals surface area contributed by atoms with E-state index < -0.39 is 0 Å². The van der Waals surface area contributed by atoms with Gasteiger partial charge in [0.25, 0.3) is 0 Å². The summed E-state index contributed by atoms with van der Waals surface area (Å²) in [6, 6.07) is 7.88. The Morgan fingerprint density at radius 3 is 2.68 bits per heavy atom. The molecule has 1 heterocycles. The lowest BCUT2D eigenvalue weighted by molar-refractivity contribution is 0.167. The maximum atomic E-state index is 12.9. The number of piperidine rings is 1. The lowest BCUT2D eigenvalue weighted by Gasteiger charge is -2.37. The highest BCUT2D eigenvalue weighted by molar-refractivity contribution is 5.17. The van der Waals surface area contributed by atoms with Crippen molar-refractivity contribution in [2.24, 2.45) is 5.92 Å². The summed E-state index contributed by atoms with van der Waals surface area (Å²) < 4.78 is 12.9. The van der Waals surface area contributed by atoms with Crippen LogP contribution in [0.15, 0.2) is 24.3 Å². The zero-order valence-corrected chi connectivity index (χ0v) is 12.2. The molecule has 1 fully saturated rings. The maximum Gasteiger partial charge on any atom is 0.123 e. The molecular formula is C16H25FN2. The Morgan fingerprint density at radius 1 is 1.37 bits per heavy atom. The second kappa shape index (κ2) is 6.49. The fourth-order valence-electron chi connectivity index (χ4n) is 3.00. The van der Waals surface area contributed by atoms with E-state index in [9.17, 15) is 4.39 Å². The second-order valence-corrected chi connectivity index (χ2v) is 6.03. The summed E-state index contributed by atoms with van der Waals surface area (Å²) in [7, 11) is 2.19. The smallest absolute Gasteiger partial charge is 0.123 e. The maximum absolute atomic E-state index is 12.9. The Bertz CT molecular complexity index is 390. The molecule has 0 radical (unpaired) electrons. The molecule has 1 saturated heterocycles. The second-order valence-electron chi connectivity index (χ2n) is 6.03. The molecule has 3 unspecified atom stereocenters. The lowest BCUT2D eigenvalue weighted by Crippen LogP contribution is -2.50. The van der Waals surface area contributed by atoms with Crippen molar-refractivity contribution in [2.75, 3.05) is 20.1 Å². The summed E-state index contributed by atoms with van der Waals surface area (Å²) in [5, 5.41) is 3.73. The summed E-state index contributed by atoms with van der Waals surface area (Å²) >= 11 is 0. The molecule has 1 aliphatic heterocycles. The van der Waals surface area contributed by atoms with Gasteiger partial charge >= 0.3 is 0 Å². The van der Waals surface area contributed by atoms with Gasteiger partial charge in [0.05, 0.1) is 0 Å². The van der Waals surface area contributed by atoms with E-state index >= 15 is 0 Å². The summed E-state index contributed by atoms with van der Waals surface area (Å²) in [4.78, 5) is 2.40. The Labute approximate surface area is 116 Å². The minimum atomic E-state index is -0.159. The van der Waals surface area contributed by atoms with Gasteiger partial charge in [0.15, 0.2) is 0 Å². The Morgan fingerprint density at radius 2 is 2.05 bits per heavy atom. The van der Waals surface area contributed by atoms with Crippen molar-refractivity contribution in [2.45, 2.75) is 38.8 Å². The minimum absolute atomic E-state index is 0.159. The van der Waals surface area contributed by atoms with Gasteiger partial charge in [0, 0.05) is 18.6 Å². The number of benzene rings is 1. The molecule has 1 N–H and O–H groups in total. The van der Waals surface area contributed by atoms with Crippen LogP contribution in [0.2, 0.25) is 0 Å². The molecule has 0 spiro atoms. The SMILES string of the molecule is CC(Cc1ccc(F)cc1)NC1CCN(C)CC1C. The van der Waals surface area contributed by atoms with Crippen molar-refractivity contribution in [3.8, 4) is 0 Å². The quantitative estimate of drug-likeness (QED) is 0.899. The van der Waals surface area contributed by atoms with Crippen LogP contribution in [0.3, 0.4) is 0 Å². The predicted molar refractivity (Wildman–Crippen MR) is 77.8 cm³/mol. The molecule has 0 aliphatic carbocycles. The average molecular weight is 264 g/mol. The van der Waals surface area contributed by atoms with Crippen LogP contribution in [0.1, 0.15) is 25.8 Å². The fraction of sp³-hybridized carbons (Fsp3) is 0.625. The summed E-state index contributed by atoms with van der Waals surface area (Å²) in [6.45, 7) is 6.87. The third kappa shape index (κ3) is 4.29. The minimum Gasteiger partial charge on any atom is -0.311 e. The molecular weight excluding hydrogens is 239 g/mol. The molecule has 0 aromatic heterocycles. The van der Waals surface area contributed by atoms with Crippen LogP contribution in [-0.4, -0.2) is 37.1 Å². The van der Waals surface area contributed by atoms with E-state index in [4.69, 9.17) is 0 Å². The Kier molecular flexibility index (Phi) is 4.94. The highest BCUT2D eigenvalue weighted by atomic mass is 19.1. The normalized spacial score (nSPS) is 26.3. The molecule has 3 atom stereocenters. The number of likely N-dealkylation sites (tertiary alicyclic amines) is 1. The van der Waals surface area contributed by atoms with E-state index in [-0.39, 0.29) is 5.82 Å². The van der Waals surface area contributed by atoms with Crippen LogP contribution in [0, 0.1) is 11.7 Å². The van der Waals surface area contributed by atoms with E-state index in [0.29, 0.717) is 18.0 Å². The van der Waals surface area contributed by atoms with Crippen molar-refractivity contribution in [3.05, 3.63) is 35.6 Å². The molecule has 2 nitrogen and oxygen atoms in total. The Balaban J connectivity index is 1.83. The van der Waals surface area contributed by atoms with E-state index in [2.05, 4.69) is 31.1 Å². The first kappa shape index (κ1) is 14.5. The van der Waals surface area contributed by atoms with Gasteiger partial charge in [-0.05, 0) is 57.0 Å². The van der Waals surface area contributed by atoms with Crippen molar-refractivity contribution in [1.82, 2.24) is 10.2 Å². The first-order valence-electron chi connectivity index (χ1n) is 7.23. The standard InChI is InChI=1S/C16H25FN2/c1-12-11-19(3)9-8-16(12)18-13(2)10-14-4-6-15(17)7-5-14/h4-7,12-13,16,18H,8-11H2,1-3H3. The highest BCUT2D eigenvalue weighted by Gasteiger charge is 2.24. The molecule has 1 aromatic carbocycles. The number of halogens is 1. The van der Waals surface area contributed by atoms with Gasteiger partial charge in [-0.3, -0.25) is 0 Å². The van der Waals surface area contributed by atoms with Crippen LogP contribution in [0.25, 0.3) is 0 Å². The molecule has 106 valence electrons. The molecule has 19 heavy (non-hydrogen) atoms. The molecule has 0 amide bonds. The molecule has 1 aliphatic rings. The number of hydrogen-bond acceptors (Lipinski definition) is 2. The van der Waals surface area contributed by atoms with Crippen molar-refractivity contribution in [1.29, 1.82) is 0 Å². The van der Waals surface area contributed by atoms with Gasteiger partial charge in [-0.25, -0.2) is 4.39 Å². The van der Waals surface area contributed by atoms with Gasteiger partial charge in [-0.1, -0.05) is 19.1 Å². The first-order valence-corrected chi connectivity index (χ1v) is 7.23. The van der Waals surface area contributed by atoms with Crippen molar-refractivity contribution in [3.63, 3.8) is 0 Å². The van der Waals surface area contributed by atoms with E-state index in [1.54, 1.807) is 12.1 Å². The van der Waals surface area contributed by atoms with Crippen molar-refractivity contribution < 1.29 is 4.39 Å². The zero-order chi connectivity index (χ0) is 13.8. The van der Waals surface area contributed by atoms with Crippen LogP contribution in [0.5, 0.6) is 0 Å². The van der Waals surface area contributed by atoms with E-state index in [0.717, 1.165) is 6.42 Å². The zero-order valence-electron chi connectivity index (χ0n) is 12.2. The van der Waals surface area contributed by atoms with Gasteiger partial charge < -0.3 is 10.2 Å². The average Bonchev–Trinajstić information content (AvgIpc) is 2.36. The van der Waals surface area contributed by atoms with Gasteiger partial charge in [-0.15, -0.1) is 0 Å². The topological polar surface area (TPSA) is 15.3 Å². The number of hydrogen-bond donors (Lipinski definition) is 1. The largest absolute Gasteiger partial charge is 0.311 e. The van der Waals surface area contributed by atoms with Crippen LogP contribution >= 0.6 is 0 Å². The van der Waals surface area contributed by atoms with Crippen molar-refractivity contribution >= 4 is 0 Å². The monoisotopic (exact) mass is 264 g/mol. The molecule has 2 rings (SSSR count). The van der Waals surface area contributed by atoms with Gasteiger partial charge in [-0.2, -0.15) is 0 Å². The van der Waals surface area contributed by atoms with E-state index in [1.165, 1.54) is 25.1 Å². The molecule has 3 heteroatoms. The van der Waals surface area contributed by atoms with E-state index in [1.807, 2.05) is 12.1 Å². The van der Waals surface area contributed by atoms with Crippen LogP contribution in [0.4, 0.5) is 4.39 Å². The molecule has 0 saturated carbocycles. The summed E-state index contributed by atoms with van der Waals surface area (Å²) in [5.41, 5.74) is 1.20. The summed E-state index contributed by atoms with van der Waals surface area (Å²) in [5.74, 6) is 0.530. The highest BCUT2D eigenvalue weighted by Crippen LogP contribution is 2.16. The number of rotatable bonds is 4. The van der Waals surface area contributed by atoms with Crippen LogP contribution < -0.4 is 5.32 Å². The third-order valence-electron chi connectivity index (χ3n) is 4.06. The summed E-state index contributed by atoms with van der Waals surface area (Å²) in [6.07, 6.45) is 2.17. The fourth-order valence-corrected chi connectivity index (χ4v) is 3.00. The lowest BCUT2D eigenvalue weighted by atomic mass is 9.93. The Hall–Kier alpha value is -0.930. The number of nitrogens with zero attached hydrogens (tertiary/aromatic N) is 1. The van der Waals surface area contributed by atoms with Crippen LogP contribution in [-0.2, 0) is 6.42 Å². The van der Waals surface area contributed by atoms with Gasteiger partial charge in [0.1, 0.15) is 5.82 Å². The predicted octanol–water partition coefficient (Wildman–Crippen LogP) is 2.69. The first-order chi connectivity index (χ1) is 9.04. The molecule has 1 aromatic rings. The molecule has 0 bridgehead atoms. The van der Waals surface area contributed by atoms with Gasteiger partial charge in [0.2, 0.25) is 0 Å². The third-order valence-corrected chi connectivity index (χ3v) is 4.06. The number of nitrogens with one attached hydrogen (secondary N) is 1.